The van der Waals surface area contributed by atoms with Gasteiger partial charge in [0.05, 0.1) is 6.04 Å². The van der Waals surface area contributed by atoms with E-state index >= 15 is 0 Å². The van der Waals surface area contributed by atoms with Crippen LogP contribution < -0.4 is 5.73 Å². The van der Waals surface area contributed by atoms with Gasteiger partial charge in [0.25, 0.3) is 0 Å². The van der Waals surface area contributed by atoms with Gasteiger partial charge in [-0.05, 0) is 34.9 Å². The van der Waals surface area contributed by atoms with Crippen LogP contribution >= 0.6 is 23.2 Å². The molecule has 0 saturated heterocycles. The monoisotopic (exact) mass is 332 g/mol. The molecule has 0 aliphatic heterocycles. The van der Waals surface area contributed by atoms with Crippen molar-refractivity contribution in [1.29, 1.82) is 0 Å². The highest BCUT2D eigenvalue weighted by Gasteiger charge is 2.18. The van der Waals surface area contributed by atoms with Crippen LogP contribution in [-0.2, 0) is 6.42 Å². The third-order valence-corrected chi connectivity index (χ3v) is 4.17. The lowest BCUT2D eigenvalue weighted by Gasteiger charge is -2.12. The summed E-state index contributed by atoms with van der Waals surface area (Å²) in [6.45, 7) is 0. The fourth-order valence-corrected chi connectivity index (χ4v) is 2.90. The number of rotatable bonds is 3. The zero-order valence-corrected chi connectivity index (χ0v) is 13.2. The minimum Gasteiger partial charge on any atom is -0.320 e. The molecule has 0 fully saturated rings. The van der Waals surface area contributed by atoms with Gasteiger partial charge in [-0.15, -0.1) is 0 Å². The van der Waals surface area contributed by atoms with E-state index in [9.17, 15) is 4.79 Å². The van der Waals surface area contributed by atoms with Crippen molar-refractivity contribution in [3.8, 4) is 0 Å². The molecule has 0 radical (unpaired) electrons. The maximum absolute atomic E-state index is 12.5. The van der Waals surface area contributed by atoms with Crippen LogP contribution in [0.15, 0.2) is 54.9 Å². The van der Waals surface area contributed by atoms with Crippen molar-refractivity contribution >= 4 is 39.9 Å². The van der Waals surface area contributed by atoms with E-state index in [0.29, 0.717) is 16.5 Å². The first-order valence-electron chi connectivity index (χ1n) is 6.85. The Kier molecular flexibility index (Phi) is 4.21. The number of carbonyl (C=O) groups excluding carboxylic acids is 1. The Balaban J connectivity index is 1.81. The van der Waals surface area contributed by atoms with E-state index in [2.05, 4.69) is 0 Å². The molecule has 3 rings (SSSR count). The molecule has 0 unspecified atom stereocenters. The number of halogens is 2. The quantitative estimate of drug-likeness (QED) is 0.782. The van der Waals surface area contributed by atoms with Crippen LogP contribution in [-0.4, -0.2) is 16.5 Å². The van der Waals surface area contributed by atoms with Crippen LogP contribution in [0.25, 0.3) is 10.8 Å². The summed E-state index contributed by atoms with van der Waals surface area (Å²) in [5, 5.41) is 3.10. The molecule has 1 heterocycles. The standard InChI is InChI=1S/C17H14Cl2N2O/c18-14-6-5-11(15(19)8-14)7-16(20)17(22)21-9-12-3-1-2-4-13(12)10-21/h1-6,8-10,16H,7,20H2/t16-/m1/s1. The molecule has 0 aliphatic rings. The topological polar surface area (TPSA) is 48.0 Å². The second-order valence-corrected chi connectivity index (χ2v) is 6.02. The lowest BCUT2D eigenvalue weighted by atomic mass is 10.1. The number of benzene rings is 2. The van der Waals surface area contributed by atoms with Gasteiger partial charge in [-0.25, -0.2) is 0 Å². The largest absolute Gasteiger partial charge is 0.320 e. The molecule has 0 aliphatic carbocycles. The minimum atomic E-state index is -0.666. The molecule has 0 spiro atoms. The Morgan fingerprint density at radius 2 is 1.73 bits per heavy atom. The SMILES string of the molecule is N[C@H](Cc1ccc(Cl)cc1Cl)C(=O)n1cc2ccccc2c1. The van der Waals surface area contributed by atoms with Gasteiger partial charge in [0, 0.05) is 22.4 Å². The van der Waals surface area contributed by atoms with Crippen LogP contribution in [0.4, 0.5) is 0 Å². The molecule has 2 aromatic carbocycles. The lowest BCUT2D eigenvalue weighted by Crippen LogP contribution is -2.36. The first kappa shape index (κ1) is 15.1. The number of hydrogen-bond donors (Lipinski definition) is 1. The van der Waals surface area contributed by atoms with E-state index in [1.54, 1.807) is 35.2 Å². The predicted octanol–water partition coefficient (Wildman–Crippen LogP) is 4.16. The fraction of sp³-hybridized carbons (Fsp3) is 0.118. The van der Waals surface area contributed by atoms with Gasteiger partial charge in [0.2, 0.25) is 5.91 Å². The smallest absolute Gasteiger partial charge is 0.247 e. The number of fused-ring (bicyclic) bond motifs is 1. The molecular weight excluding hydrogens is 319 g/mol. The molecule has 1 atom stereocenters. The molecule has 0 amide bonds. The second-order valence-electron chi connectivity index (χ2n) is 5.18. The van der Waals surface area contributed by atoms with Gasteiger partial charge >= 0.3 is 0 Å². The average Bonchev–Trinajstić information content (AvgIpc) is 2.93. The number of nitrogens with two attached hydrogens (primary N) is 1. The van der Waals surface area contributed by atoms with E-state index in [1.165, 1.54) is 0 Å². The Morgan fingerprint density at radius 1 is 1.09 bits per heavy atom. The molecule has 0 saturated carbocycles. The average molecular weight is 333 g/mol. The van der Waals surface area contributed by atoms with Gasteiger partial charge in [0.1, 0.15) is 0 Å². The molecule has 22 heavy (non-hydrogen) atoms. The molecule has 1 aromatic heterocycles. The Bertz CT molecular complexity index is 809. The maximum Gasteiger partial charge on any atom is 0.247 e. The summed E-state index contributed by atoms with van der Waals surface area (Å²) in [5.74, 6) is -0.165. The molecule has 5 heteroatoms. The molecule has 112 valence electrons. The second kappa shape index (κ2) is 6.13. The highest BCUT2D eigenvalue weighted by atomic mass is 35.5. The molecule has 3 nitrogen and oxygen atoms in total. The third kappa shape index (κ3) is 3.02. The summed E-state index contributed by atoms with van der Waals surface area (Å²) in [4.78, 5) is 12.5. The number of carbonyl (C=O) groups is 1. The van der Waals surface area contributed by atoms with Crippen molar-refractivity contribution in [2.45, 2.75) is 12.5 Å². The summed E-state index contributed by atoms with van der Waals surface area (Å²) >= 11 is 12.0. The number of nitrogens with zero attached hydrogens (tertiary/aromatic N) is 1. The molecular formula is C17H14Cl2N2O. The minimum absolute atomic E-state index is 0.165. The number of aromatic nitrogens is 1. The van der Waals surface area contributed by atoms with Crippen LogP contribution in [0.5, 0.6) is 0 Å². The van der Waals surface area contributed by atoms with Crippen molar-refractivity contribution in [3.05, 3.63) is 70.5 Å². The van der Waals surface area contributed by atoms with Crippen LogP contribution in [0.2, 0.25) is 10.0 Å². The van der Waals surface area contributed by atoms with Crippen molar-refractivity contribution < 1.29 is 4.79 Å². The van der Waals surface area contributed by atoms with Crippen LogP contribution in [0.1, 0.15) is 10.4 Å². The normalized spacial score (nSPS) is 12.5. The van der Waals surface area contributed by atoms with Crippen LogP contribution in [0.3, 0.4) is 0 Å². The van der Waals surface area contributed by atoms with Crippen molar-refractivity contribution in [2.75, 3.05) is 0 Å². The fourth-order valence-electron chi connectivity index (χ4n) is 2.41. The van der Waals surface area contributed by atoms with Gasteiger partial charge in [-0.3, -0.25) is 9.36 Å². The Morgan fingerprint density at radius 3 is 2.32 bits per heavy atom. The van der Waals surface area contributed by atoms with E-state index in [1.807, 2.05) is 24.3 Å². The van der Waals surface area contributed by atoms with Crippen molar-refractivity contribution in [3.63, 3.8) is 0 Å². The lowest BCUT2D eigenvalue weighted by molar-refractivity contribution is 0.0880. The van der Waals surface area contributed by atoms with E-state index in [0.717, 1.165) is 16.3 Å². The van der Waals surface area contributed by atoms with Gasteiger partial charge < -0.3 is 5.73 Å². The zero-order chi connectivity index (χ0) is 15.7. The summed E-state index contributed by atoms with van der Waals surface area (Å²) < 4.78 is 1.54. The van der Waals surface area contributed by atoms with E-state index in [-0.39, 0.29) is 5.91 Å². The summed E-state index contributed by atoms with van der Waals surface area (Å²) in [7, 11) is 0. The third-order valence-electron chi connectivity index (χ3n) is 3.58. The molecule has 0 bridgehead atoms. The van der Waals surface area contributed by atoms with Crippen molar-refractivity contribution in [2.24, 2.45) is 5.73 Å². The summed E-state index contributed by atoms with van der Waals surface area (Å²) in [5.41, 5.74) is 6.86. The van der Waals surface area contributed by atoms with Crippen LogP contribution in [0, 0.1) is 0 Å². The van der Waals surface area contributed by atoms with Gasteiger partial charge in [0.15, 0.2) is 0 Å². The van der Waals surface area contributed by atoms with E-state index in [4.69, 9.17) is 28.9 Å². The maximum atomic E-state index is 12.5. The van der Waals surface area contributed by atoms with Gasteiger partial charge in [-0.1, -0.05) is 53.5 Å². The summed E-state index contributed by atoms with van der Waals surface area (Å²) in [6.07, 6.45) is 3.95. The zero-order valence-electron chi connectivity index (χ0n) is 11.7. The molecule has 3 aromatic rings. The van der Waals surface area contributed by atoms with Gasteiger partial charge in [-0.2, -0.15) is 0 Å². The predicted molar refractivity (Wildman–Crippen MR) is 90.7 cm³/mol. The number of hydrogen-bond acceptors (Lipinski definition) is 2. The van der Waals surface area contributed by atoms with Crippen molar-refractivity contribution in [1.82, 2.24) is 4.57 Å². The highest BCUT2D eigenvalue weighted by Crippen LogP contribution is 2.22. The Hall–Kier alpha value is -1.81. The first-order valence-corrected chi connectivity index (χ1v) is 7.60. The first-order chi connectivity index (χ1) is 10.5. The Labute approximate surface area is 138 Å². The highest BCUT2D eigenvalue weighted by molar-refractivity contribution is 6.35. The van der Waals surface area contributed by atoms with E-state index < -0.39 is 6.04 Å². The molecule has 2 N–H and O–H groups in total. The summed E-state index contributed by atoms with van der Waals surface area (Å²) in [6, 6.07) is 12.3.